The monoisotopic (exact) mass is 429 g/mol. The van der Waals surface area contributed by atoms with Crippen LogP contribution in [0.3, 0.4) is 0 Å². The Bertz CT molecular complexity index is 958. The Balaban J connectivity index is 2.34. The van der Waals surface area contributed by atoms with Crippen LogP contribution in [0.25, 0.3) is 6.08 Å². The molecule has 0 aliphatic rings. The van der Waals surface area contributed by atoms with E-state index >= 15 is 0 Å². The Kier molecular flexibility index (Phi) is 6.80. The molecule has 0 aromatic heterocycles. The van der Waals surface area contributed by atoms with Gasteiger partial charge in [-0.1, -0.05) is 33.6 Å². The summed E-state index contributed by atoms with van der Waals surface area (Å²) in [5.74, 6) is -0.168. The van der Waals surface area contributed by atoms with Gasteiger partial charge in [0.15, 0.2) is 6.61 Å². The van der Waals surface area contributed by atoms with Crippen molar-refractivity contribution in [3.63, 3.8) is 0 Å². The number of benzene rings is 2. The zero-order valence-corrected chi connectivity index (χ0v) is 16.1. The quantitative estimate of drug-likeness (QED) is 0.542. The van der Waals surface area contributed by atoms with Crippen LogP contribution in [-0.2, 0) is 4.79 Å². The van der Waals surface area contributed by atoms with Crippen LogP contribution in [0.1, 0.15) is 11.1 Å². The highest BCUT2D eigenvalue weighted by Gasteiger charge is 2.13. The van der Waals surface area contributed by atoms with Crippen LogP contribution < -0.4 is 10.1 Å². The molecular weight excluding hydrogens is 418 g/mol. The summed E-state index contributed by atoms with van der Waals surface area (Å²) >= 11 is 9.38. The van der Waals surface area contributed by atoms with Crippen molar-refractivity contribution in [3.8, 4) is 17.9 Å². The smallest absolute Gasteiger partial charge is 0.266 e. The number of halogens is 2. The lowest BCUT2D eigenvalue weighted by atomic mass is 10.1. The molecule has 0 aliphatic carbocycles. The normalized spacial score (nSPS) is 10.6. The van der Waals surface area contributed by atoms with Gasteiger partial charge in [0.25, 0.3) is 5.91 Å². The summed E-state index contributed by atoms with van der Waals surface area (Å²) in [5.41, 5.74) is 1.63. The van der Waals surface area contributed by atoms with Gasteiger partial charge in [-0.3, -0.25) is 4.79 Å². The van der Waals surface area contributed by atoms with Crippen LogP contribution in [0.5, 0.6) is 5.75 Å². The van der Waals surface area contributed by atoms with Crippen molar-refractivity contribution in [1.82, 2.24) is 0 Å². The van der Waals surface area contributed by atoms with Crippen LogP contribution >= 0.6 is 27.5 Å². The highest BCUT2D eigenvalue weighted by Crippen LogP contribution is 2.27. The van der Waals surface area contributed by atoms with Gasteiger partial charge in [0.1, 0.15) is 23.5 Å². The molecule has 26 heavy (non-hydrogen) atoms. The number of amides is 1. The number of hydrogen-bond donors (Lipinski definition) is 1. The molecule has 0 spiro atoms. The number of rotatable bonds is 5. The molecule has 2 aromatic rings. The molecule has 0 unspecified atom stereocenters. The van der Waals surface area contributed by atoms with Gasteiger partial charge >= 0.3 is 0 Å². The molecule has 0 atom stereocenters. The SMILES string of the molecule is Cc1c(Cl)cccc1NC(=O)/C(C#N)=C\c1cc(Br)ccc1OCC#N. The molecule has 0 radical (unpaired) electrons. The van der Waals surface area contributed by atoms with Gasteiger partial charge in [0.2, 0.25) is 0 Å². The second-order valence-electron chi connectivity index (χ2n) is 5.17. The third kappa shape index (κ3) is 4.86. The number of hydrogen-bond acceptors (Lipinski definition) is 4. The van der Waals surface area contributed by atoms with Gasteiger partial charge in [0, 0.05) is 20.7 Å². The molecule has 0 saturated heterocycles. The van der Waals surface area contributed by atoms with Gasteiger partial charge in [-0.25, -0.2) is 0 Å². The third-order valence-corrected chi connectivity index (χ3v) is 4.35. The zero-order chi connectivity index (χ0) is 19.1. The van der Waals surface area contributed by atoms with Crippen molar-refractivity contribution >= 4 is 45.2 Å². The maximum atomic E-state index is 12.5. The molecule has 1 N–H and O–H groups in total. The Hall–Kier alpha value is -2.80. The number of anilines is 1. The van der Waals surface area contributed by atoms with E-state index in [0.717, 1.165) is 4.47 Å². The second kappa shape index (κ2) is 9.05. The van der Waals surface area contributed by atoms with Crippen LogP contribution in [0.4, 0.5) is 5.69 Å². The number of carbonyl (C=O) groups excluding carboxylic acids is 1. The van der Waals surface area contributed by atoms with E-state index in [9.17, 15) is 10.1 Å². The van der Waals surface area contributed by atoms with E-state index in [1.165, 1.54) is 6.08 Å². The lowest BCUT2D eigenvalue weighted by Crippen LogP contribution is -2.14. The molecule has 0 aliphatic heterocycles. The van der Waals surface area contributed by atoms with E-state index < -0.39 is 5.91 Å². The predicted molar refractivity (Wildman–Crippen MR) is 104 cm³/mol. The fourth-order valence-corrected chi connectivity index (χ4v) is 2.66. The minimum atomic E-state index is -0.566. The Morgan fingerprint density at radius 2 is 2.12 bits per heavy atom. The summed E-state index contributed by atoms with van der Waals surface area (Å²) in [6, 6.07) is 14.0. The van der Waals surface area contributed by atoms with E-state index in [1.807, 2.05) is 12.1 Å². The van der Waals surface area contributed by atoms with E-state index in [0.29, 0.717) is 27.6 Å². The number of nitrogens with zero attached hydrogens (tertiary/aromatic N) is 2. The van der Waals surface area contributed by atoms with Crippen LogP contribution in [-0.4, -0.2) is 12.5 Å². The summed E-state index contributed by atoms with van der Waals surface area (Å²) in [4.78, 5) is 12.5. The summed E-state index contributed by atoms with van der Waals surface area (Å²) in [7, 11) is 0. The molecular formula is C19H13BrClN3O2. The average molecular weight is 431 g/mol. The summed E-state index contributed by atoms with van der Waals surface area (Å²) in [6.45, 7) is 1.63. The number of ether oxygens (including phenoxy) is 1. The fraction of sp³-hybridized carbons (Fsp3) is 0.105. The van der Waals surface area contributed by atoms with Crippen molar-refractivity contribution in [2.75, 3.05) is 11.9 Å². The summed E-state index contributed by atoms with van der Waals surface area (Å²) in [6.07, 6.45) is 1.41. The maximum Gasteiger partial charge on any atom is 0.266 e. The third-order valence-electron chi connectivity index (χ3n) is 3.44. The van der Waals surface area contributed by atoms with E-state index in [-0.39, 0.29) is 12.2 Å². The first-order valence-corrected chi connectivity index (χ1v) is 8.61. The Labute approximate surface area is 164 Å². The molecule has 2 aromatic carbocycles. The predicted octanol–water partition coefficient (Wildman–Crippen LogP) is 4.86. The molecule has 0 saturated carbocycles. The zero-order valence-electron chi connectivity index (χ0n) is 13.7. The first-order valence-electron chi connectivity index (χ1n) is 7.44. The molecule has 2 rings (SSSR count). The van der Waals surface area contributed by atoms with Gasteiger partial charge in [-0.15, -0.1) is 0 Å². The molecule has 0 fully saturated rings. The van der Waals surface area contributed by atoms with Crippen LogP contribution in [0.2, 0.25) is 5.02 Å². The molecule has 1 amide bonds. The highest BCUT2D eigenvalue weighted by atomic mass is 79.9. The van der Waals surface area contributed by atoms with Crippen molar-refractivity contribution in [1.29, 1.82) is 10.5 Å². The maximum absolute atomic E-state index is 12.5. The average Bonchev–Trinajstić information content (AvgIpc) is 2.62. The standard InChI is InChI=1S/C19H13BrClN3O2/c1-12-16(21)3-2-4-17(12)24-19(25)14(11-23)9-13-10-15(20)5-6-18(13)26-8-7-22/h2-6,9-10H,8H2,1H3,(H,24,25)/b14-9-. The lowest BCUT2D eigenvalue weighted by molar-refractivity contribution is -0.112. The minimum Gasteiger partial charge on any atom is -0.478 e. The highest BCUT2D eigenvalue weighted by molar-refractivity contribution is 9.10. The summed E-state index contributed by atoms with van der Waals surface area (Å²) in [5, 5.41) is 21.3. The molecule has 7 heteroatoms. The van der Waals surface area contributed by atoms with Crippen molar-refractivity contribution < 1.29 is 9.53 Å². The van der Waals surface area contributed by atoms with Gasteiger partial charge in [-0.05, 0) is 48.9 Å². The molecule has 0 heterocycles. The molecule has 130 valence electrons. The first-order chi connectivity index (χ1) is 12.5. The van der Waals surface area contributed by atoms with Crippen molar-refractivity contribution in [2.45, 2.75) is 6.92 Å². The largest absolute Gasteiger partial charge is 0.478 e. The summed E-state index contributed by atoms with van der Waals surface area (Å²) < 4.78 is 6.08. The van der Waals surface area contributed by atoms with Crippen LogP contribution in [0, 0.1) is 29.6 Å². The fourth-order valence-electron chi connectivity index (χ4n) is 2.11. The number of nitrogens with one attached hydrogen (secondary N) is 1. The van der Waals surface area contributed by atoms with Gasteiger partial charge in [-0.2, -0.15) is 10.5 Å². The Morgan fingerprint density at radius 3 is 2.81 bits per heavy atom. The minimum absolute atomic E-state index is 0.107. The number of carbonyl (C=O) groups is 1. The number of nitriles is 2. The molecule has 0 bridgehead atoms. The first kappa shape index (κ1) is 19.5. The molecule has 5 nitrogen and oxygen atoms in total. The van der Waals surface area contributed by atoms with E-state index in [2.05, 4.69) is 21.2 Å². The van der Waals surface area contributed by atoms with E-state index in [4.69, 9.17) is 21.6 Å². The van der Waals surface area contributed by atoms with Gasteiger partial charge in [0.05, 0.1) is 0 Å². The van der Waals surface area contributed by atoms with Crippen molar-refractivity contribution in [3.05, 3.63) is 62.6 Å². The topological polar surface area (TPSA) is 85.9 Å². The lowest BCUT2D eigenvalue weighted by Gasteiger charge is -2.10. The van der Waals surface area contributed by atoms with E-state index in [1.54, 1.807) is 43.3 Å². The second-order valence-corrected chi connectivity index (χ2v) is 6.49. The van der Waals surface area contributed by atoms with Crippen molar-refractivity contribution in [2.24, 2.45) is 0 Å². The van der Waals surface area contributed by atoms with Crippen LogP contribution in [0.15, 0.2) is 46.4 Å². The Morgan fingerprint density at radius 1 is 1.35 bits per heavy atom. The van der Waals surface area contributed by atoms with Gasteiger partial charge < -0.3 is 10.1 Å².